The van der Waals surface area contributed by atoms with Crippen LogP contribution >= 0.6 is 0 Å². The second-order valence-electron chi connectivity index (χ2n) is 5.27. The number of hydrogen-bond donors (Lipinski definition) is 1. The molecule has 0 spiro atoms. The van der Waals surface area contributed by atoms with E-state index in [0.29, 0.717) is 28.6 Å². The summed E-state index contributed by atoms with van der Waals surface area (Å²) in [6.07, 6.45) is 2.75. The van der Waals surface area contributed by atoms with Crippen molar-refractivity contribution < 1.29 is 4.52 Å². The van der Waals surface area contributed by atoms with Crippen LogP contribution in [0.3, 0.4) is 0 Å². The molecule has 0 radical (unpaired) electrons. The van der Waals surface area contributed by atoms with Gasteiger partial charge in [0.2, 0.25) is 0 Å². The topological polar surface area (TPSA) is 82.8 Å². The van der Waals surface area contributed by atoms with Gasteiger partial charge >= 0.3 is 0 Å². The third-order valence-electron chi connectivity index (χ3n) is 3.48. The summed E-state index contributed by atoms with van der Waals surface area (Å²) in [6, 6.07) is 0. The molecule has 6 nitrogen and oxygen atoms in total. The molecule has 0 bridgehead atoms. The number of aryl methyl sites for hydroxylation is 1. The molecule has 1 fully saturated rings. The molecule has 2 heterocycles. The Morgan fingerprint density at radius 2 is 2.24 bits per heavy atom. The Morgan fingerprint density at radius 3 is 2.76 bits per heavy atom. The zero-order valence-corrected chi connectivity index (χ0v) is 10.1. The Bertz CT molecular complexity index is 568. The van der Waals surface area contributed by atoms with Crippen LogP contribution in [0.1, 0.15) is 32.0 Å². The van der Waals surface area contributed by atoms with Crippen LogP contribution < -0.4 is 5.73 Å². The van der Waals surface area contributed by atoms with E-state index in [1.54, 1.807) is 17.9 Å². The van der Waals surface area contributed by atoms with E-state index in [0.717, 1.165) is 12.2 Å². The van der Waals surface area contributed by atoms with Crippen molar-refractivity contribution in [3.63, 3.8) is 0 Å². The number of nitrogen functional groups attached to an aromatic ring is 1. The number of nitrogens with zero attached hydrogens (tertiary/aromatic N) is 4. The largest absolute Gasteiger partial charge is 0.383 e. The van der Waals surface area contributed by atoms with Crippen LogP contribution in [0.25, 0.3) is 11.5 Å². The summed E-state index contributed by atoms with van der Waals surface area (Å²) in [4.78, 5) is 4.40. The molecular weight excluding hydrogens is 218 g/mol. The third kappa shape index (κ3) is 1.51. The van der Waals surface area contributed by atoms with E-state index in [2.05, 4.69) is 29.1 Å². The molecule has 17 heavy (non-hydrogen) atoms. The van der Waals surface area contributed by atoms with Gasteiger partial charge in [-0.25, -0.2) is 0 Å². The second-order valence-corrected chi connectivity index (χ2v) is 5.27. The molecule has 3 rings (SSSR count). The van der Waals surface area contributed by atoms with Crippen molar-refractivity contribution >= 4 is 5.82 Å². The van der Waals surface area contributed by atoms with Crippen molar-refractivity contribution in [2.75, 3.05) is 5.73 Å². The highest BCUT2D eigenvalue weighted by molar-refractivity contribution is 5.66. The van der Waals surface area contributed by atoms with Crippen molar-refractivity contribution in [3.05, 3.63) is 12.0 Å². The molecule has 0 saturated heterocycles. The van der Waals surface area contributed by atoms with E-state index < -0.39 is 0 Å². The molecule has 1 aliphatic rings. The standard InChI is InChI=1S/C11H15N5O/c1-11(2)4-7(11)9-14-10(17-15-9)6-5-13-16(3)8(6)12/h5,7H,4,12H2,1-3H3. The molecule has 0 amide bonds. The van der Waals surface area contributed by atoms with Crippen molar-refractivity contribution in [3.8, 4) is 11.5 Å². The maximum Gasteiger partial charge on any atom is 0.263 e. The summed E-state index contributed by atoms with van der Waals surface area (Å²) in [6.45, 7) is 4.40. The van der Waals surface area contributed by atoms with Crippen LogP contribution in [-0.4, -0.2) is 19.9 Å². The Balaban J connectivity index is 1.93. The average molecular weight is 233 g/mol. The third-order valence-corrected chi connectivity index (χ3v) is 3.48. The van der Waals surface area contributed by atoms with Crippen LogP contribution in [0.15, 0.2) is 10.7 Å². The monoisotopic (exact) mass is 233 g/mol. The second kappa shape index (κ2) is 3.09. The molecular formula is C11H15N5O. The van der Waals surface area contributed by atoms with Crippen LogP contribution in [0.5, 0.6) is 0 Å². The fourth-order valence-electron chi connectivity index (χ4n) is 2.01. The summed E-state index contributed by atoms with van der Waals surface area (Å²) < 4.78 is 6.83. The predicted molar refractivity (Wildman–Crippen MR) is 62.1 cm³/mol. The molecule has 1 atom stereocenters. The Labute approximate surface area is 98.8 Å². The normalized spacial score (nSPS) is 21.7. The van der Waals surface area contributed by atoms with E-state index in [9.17, 15) is 0 Å². The van der Waals surface area contributed by atoms with Crippen molar-refractivity contribution in [1.29, 1.82) is 0 Å². The lowest BCUT2D eigenvalue weighted by molar-refractivity contribution is 0.419. The van der Waals surface area contributed by atoms with Gasteiger partial charge in [0, 0.05) is 13.0 Å². The average Bonchev–Trinajstić information content (AvgIpc) is 2.68. The van der Waals surface area contributed by atoms with E-state index in [1.807, 2.05) is 0 Å². The number of rotatable bonds is 2. The SMILES string of the molecule is Cn1ncc(-c2nc(C3CC3(C)C)no2)c1N. The highest BCUT2D eigenvalue weighted by atomic mass is 16.5. The van der Waals surface area contributed by atoms with Gasteiger partial charge in [-0.15, -0.1) is 0 Å². The highest BCUT2D eigenvalue weighted by Gasteiger charge is 2.49. The first kappa shape index (κ1) is 10.3. The summed E-state index contributed by atoms with van der Waals surface area (Å²) in [5, 5.41) is 8.08. The summed E-state index contributed by atoms with van der Waals surface area (Å²) >= 11 is 0. The van der Waals surface area contributed by atoms with E-state index in [-0.39, 0.29) is 0 Å². The molecule has 0 aliphatic heterocycles. The Morgan fingerprint density at radius 1 is 1.53 bits per heavy atom. The lowest BCUT2D eigenvalue weighted by Crippen LogP contribution is -1.98. The van der Waals surface area contributed by atoms with Crippen molar-refractivity contribution in [2.45, 2.75) is 26.2 Å². The maximum absolute atomic E-state index is 5.86. The number of nitrogens with two attached hydrogens (primary N) is 1. The lowest BCUT2D eigenvalue weighted by Gasteiger charge is -1.96. The minimum absolute atomic E-state index is 0.293. The first-order valence-electron chi connectivity index (χ1n) is 5.60. The van der Waals surface area contributed by atoms with Gasteiger partial charge in [0.1, 0.15) is 11.4 Å². The highest BCUT2D eigenvalue weighted by Crippen LogP contribution is 2.57. The molecule has 2 aromatic heterocycles. The molecule has 90 valence electrons. The minimum atomic E-state index is 0.293. The quantitative estimate of drug-likeness (QED) is 0.851. The Hall–Kier alpha value is -1.85. The van der Waals surface area contributed by atoms with Crippen LogP contribution in [0.2, 0.25) is 0 Å². The number of anilines is 1. The van der Waals surface area contributed by atoms with Crippen LogP contribution in [-0.2, 0) is 7.05 Å². The minimum Gasteiger partial charge on any atom is -0.383 e. The lowest BCUT2D eigenvalue weighted by atomic mass is 10.1. The molecule has 2 aromatic rings. The van der Waals surface area contributed by atoms with Gasteiger partial charge in [0.15, 0.2) is 5.82 Å². The van der Waals surface area contributed by atoms with Gasteiger partial charge in [-0.3, -0.25) is 4.68 Å². The van der Waals surface area contributed by atoms with Crippen molar-refractivity contribution in [2.24, 2.45) is 12.5 Å². The molecule has 2 N–H and O–H groups in total. The van der Waals surface area contributed by atoms with Gasteiger partial charge < -0.3 is 10.3 Å². The van der Waals surface area contributed by atoms with E-state index in [4.69, 9.17) is 10.3 Å². The van der Waals surface area contributed by atoms with Gasteiger partial charge in [0.25, 0.3) is 5.89 Å². The zero-order valence-electron chi connectivity index (χ0n) is 10.1. The summed E-state index contributed by atoms with van der Waals surface area (Å²) in [5.74, 6) is 2.16. The summed E-state index contributed by atoms with van der Waals surface area (Å²) in [7, 11) is 1.78. The molecule has 1 saturated carbocycles. The fraction of sp³-hybridized carbons (Fsp3) is 0.545. The maximum atomic E-state index is 5.86. The molecule has 1 unspecified atom stereocenters. The number of aromatic nitrogens is 4. The van der Waals surface area contributed by atoms with Crippen molar-refractivity contribution in [1.82, 2.24) is 19.9 Å². The molecule has 6 heteroatoms. The molecule has 1 aliphatic carbocycles. The van der Waals surface area contributed by atoms with E-state index in [1.165, 1.54) is 0 Å². The Kier molecular flexibility index (Phi) is 1.87. The summed E-state index contributed by atoms with van der Waals surface area (Å²) in [5.41, 5.74) is 6.85. The fourth-order valence-corrected chi connectivity index (χ4v) is 2.01. The van der Waals surface area contributed by atoms with Crippen LogP contribution in [0.4, 0.5) is 5.82 Å². The molecule has 0 aromatic carbocycles. The number of hydrogen-bond acceptors (Lipinski definition) is 5. The van der Waals surface area contributed by atoms with Gasteiger partial charge in [-0.2, -0.15) is 10.1 Å². The smallest absolute Gasteiger partial charge is 0.263 e. The first-order valence-corrected chi connectivity index (χ1v) is 5.60. The van der Waals surface area contributed by atoms with Gasteiger partial charge in [-0.1, -0.05) is 19.0 Å². The first-order chi connectivity index (χ1) is 7.99. The van der Waals surface area contributed by atoms with Gasteiger partial charge in [0.05, 0.1) is 6.20 Å². The van der Waals surface area contributed by atoms with Gasteiger partial charge in [-0.05, 0) is 11.8 Å². The zero-order chi connectivity index (χ0) is 12.2. The van der Waals surface area contributed by atoms with Crippen LogP contribution in [0, 0.1) is 5.41 Å². The van der Waals surface area contributed by atoms with E-state index >= 15 is 0 Å². The predicted octanol–water partition coefficient (Wildman–Crippen LogP) is 1.57.